The second-order valence-electron chi connectivity index (χ2n) is 7.83. The van der Waals surface area contributed by atoms with Gasteiger partial charge in [0.2, 0.25) is 0 Å². The van der Waals surface area contributed by atoms with Crippen LogP contribution in [0.5, 0.6) is 5.75 Å². The first-order chi connectivity index (χ1) is 16.3. The number of ether oxygens (including phenoxy) is 1. The summed E-state index contributed by atoms with van der Waals surface area (Å²) in [6, 6.07) is 14.8. The highest BCUT2D eigenvalue weighted by Crippen LogP contribution is 2.28. The minimum Gasteiger partial charge on any atom is -0.493 e. The van der Waals surface area contributed by atoms with Crippen LogP contribution in [0.4, 0.5) is 0 Å². The summed E-state index contributed by atoms with van der Waals surface area (Å²) < 4.78 is 31.4. The van der Waals surface area contributed by atoms with E-state index in [-0.39, 0.29) is 6.42 Å². The summed E-state index contributed by atoms with van der Waals surface area (Å²) in [5, 5.41) is 9.70. The Morgan fingerprint density at radius 1 is 1.16 bits per heavy atom. The summed E-state index contributed by atoms with van der Waals surface area (Å²) in [5.74, 6) is 1.00. The molecule has 4 rings (SSSR count). The first kappa shape index (κ1) is 19.2. The molecule has 0 aliphatic carbocycles. The monoisotopic (exact) mass is 434 g/mol. The average Bonchev–Trinajstić information content (AvgIpc) is 3.37. The van der Waals surface area contributed by atoms with E-state index in [4.69, 9.17) is 17.0 Å². The van der Waals surface area contributed by atoms with Crippen LogP contribution in [0.1, 0.15) is 45.4 Å². The first-order valence-corrected chi connectivity index (χ1v) is 10.8. The van der Waals surface area contributed by atoms with E-state index in [1.807, 2.05) is 44.2 Å². The van der Waals surface area contributed by atoms with Gasteiger partial charge in [-0.1, -0.05) is 18.2 Å². The van der Waals surface area contributed by atoms with Gasteiger partial charge in [-0.3, -0.25) is 4.79 Å². The molecule has 6 heteroatoms. The second-order valence-corrected chi connectivity index (χ2v) is 7.83. The molecular weight excluding hydrogens is 404 g/mol. The van der Waals surface area contributed by atoms with E-state index < -0.39 is 12.5 Å². The third-order valence-corrected chi connectivity index (χ3v) is 5.25. The third-order valence-electron chi connectivity index (χ3n) is 5.25. The molecule has 4 aromatic rings. The summed E-state index contributed by atoms with van der Waals surface area (Å²) in [7, 11) is 0. The molecule has 2 aromatic carbocycles. The maximum absolute atomic E-state index is 10.7. The number of hydrogen-bond donors (Lipinski definition) is 1. The van der Waals surface area contributed by atoms with Crippen molar-refractivity contribution in [3.63, 3.8) is 0 Å². The molecule has 0 bridgehead atoms. The standard InChI is InChI=1S/C26H28N2O4/c1-18-16-27-26(20-11-12-24-22(15-20)14-19(2)32-24)28(18)17-21-8-5-6-9-23(21)31-13-7-3-4-10-25(29)30/h5-6,8-9,11-12,14-16H,3-4,7,10,13,17H2,1-2H3,(H,29,30)/i17D2. The van der Waals surface area contributed by atoms with Gasteiger partial charge in [0.05, 0.1) is 15.8 Å². The highest BCUT2D eigenvalue weighted by atomic mass is 16.5. The number of imidazole rings is 1. The number of aromatic nitrogens is 2. The van der Waals surface area contributed by atoms with Crippen molar-refractivity contribution in [3.05, 3.63) is 71.7 Å². The summed E-state index contributed by atoms with van der Waals surface area (Å²) in [5.41, 5.74) is 2.67. The van der Waals surface area contributed by atoms with Crippen LogP contribution in [0.2, 0.25) is 0 Å². The molecule has 0 aliphatic rings. The molecule has 0 atom stereocenters. The molecule has 2 heterocycles. The van der Waals surface area contributed by atoms with Crippen LogP contribution < -0.4 is 4.74 Å². The largest absolute Gasteiger partial charge is 0.493 e. The molecule has 0 saturated heterocycles. The number of carboxylic acid groups (broad SMARTS) is 1. The van der Waals surface area contributed by atoms with E-state index in [1.165, 1.54) is 0 Å². The van der Waals surface area contributed by atoms with Gasteiger partial charge in [-0.15, -0.1) is 0 Å². The molecule has 0 amide bonds. The van der Waals surface area contributed by atoms with Crippen molar-refractivity contribution in [1.29, 1.82) is 0 Å². The van der Waals surface area contributed by atoms with E-state index in [0.29, 0.717) is 42.3 Å². The minimum absolute atomic E-state index is 0.145. The van der Waals surface area contributed by atoms with Gasteiger partial charge in [0, 0.05) is 34.8 Å². The number of carbonyl (C=O) groups is 1. The van der Waals surface area contributed by atoms with E-state index in [1.54, 1.807) is 29.0 Å². The molecule has 2 aromatic heterocycles. The number of aryl methyl sites for hydroxylation is 2. The number of aliphatic carboxylic acids is 1. The van der Waals surface area contributed by atoms with Gasteiger partial charge in [-0.25, -0.2) is 4.98 Å². The zero-order valence-corrected chi connectivity index (χ0v) is 18.3. The SMILES string of the molecule is [2H]C([2H])(c1ccccc1OCCCCCC(=O)O)n1c(C)cnc1-c1ccc2oc(C)cc2c1. The van der Waals surface area contributed by atoms with E-state index in [2.05, 4.69) is 4.98 Å². The maximum Gasteiger partial charge on any atom is 0.303 e. The van der Waals surface area contributed by atoms with Crippen LogP contribution in [0.15, 0.2) is 59.1 Å². The first-order valence-electron chi connectivity index (χ1n) is 11.8. The fourth-order valence-electron chi connectivity index (χ4n) is 3.64. The van der Waals surface area contributed by atoms with Gasteiger partial charge in [0.15, 0.2) is 0 Å². The van der Waals surface area contributed by atoms with Crippen LogP contribution in [0.25, 0.3) is 22.4 Å². The third kappa shape index (κ3) is 5.02. The van der Waals surface area contributed by atoms with Crippen LogP contribution in [0.3, 0.4) is 0 Å². The summed E-state index contributed by atoms with van der Waals surface area (Å²) in [6.07, 6.45) is 3.85. The Morgan fingerprint density at radius 2 is 2.00 bits per heavy atom. The Kier molecular flexibility index (Phi) is 5.83. The van der Waals surface area contributed by atoms with E-state index in [9.17, 15) is 4.79 Å². The topological polar surface area (TPSA) is 77.5 Å². The van der Waals surface area contributed by atoms with Gasteiger partial charge < -0.3 is 18.8 Å². The molecule has 0 radical (unpaired) electrons. The lowest BCUT2D eigenvalue weighted by Crippen LogP contribution is -2.07. The zero-order valence-electron chi connectivity index (χ0n) is 20.3. The Balaban J connectivity index is 1.61. The number of rotatable bonds is 10. The average molecular weight is 435 g/mol. The van der Waals surface area contributed by atoms with Gasteiger partial charge in [0.1, 0.15) is 22.9 Å². The van der Waals surface area contributed by atoms with Crippen molar-refractivity contribution in [2.45, 2.75) is 46.0 Å². The number of nitrogens with zero attached hydrogens (tertiary/aromatic N) is 2. The molecule has 166 valence electrons. The number of hydrogen-bond acceptors (Lipinski definition) is 4. The molecule has 1 N–H and O–H groups in total. The number of benzene rings is 2. The van der Waals surface area contributed by atoms with Crippen molar-refractivity contribution in [2.75, 3.05) is 6.61 Å². The molecule has 32 heavy (non-hydrogen) atoms. The van der Waals surface area contributed by atoms with Crippen molar-refractivity contribution >= 4 is 16.9 Å². The summed E-state index contributed by atoms with van der Waals surface area (Å²) in [4.78, 5) is 15.2. The lowest BCUT2D eigenvalue weighted by atomic mass is 10.1. The Morgan fingerprint density at radius 3 is 2.84 bits per heavy atom. The number of carboxylic acids is 1. The van der Waals surface area contributed by atoms with E-state index in [0.717, 1.165) is 28.7 Å². The fraction of sp³-hybridized carbons (Fsp3) is 0.308. The van der Waals surface area contributed by atoms with Gasteiger partial charge in [0.25, 0.3) is 0 Å². The number of furan rings is 1. The highest BCUT2D eigenvalue weighted by molar-refractivity contribution is 5.83. The Bertz CT molecular complexity index is 1310. The Hall–Kier alpha value is -3.54. The number of para-hydroxylation sites is 1. The van der Waals surface area contributed by atoms with Crippen molar-refractivity contribution in [2.24, 2.45) is 0 Å². The number of fused-ring (bicyclic) bond motifs is 1. The normalized spacial score (nSPS) is 12.6. The fourth-order valence-corrected chi connectivity index (χ4v) is 3.64. The van der Waals surface area contributed by atoms with Crippen molar-refractivity contribution in [1.82, 2.24) is 9.55 Å². The quantitative estimate of drug-likeness (QED) is 0.310. The lowest BCUT2D eigenvalue weighted by molar-refractivity contribution is -0.137. The van der Waals surface area contributed by atoms with Crippen LogP contribution in [-0.4, -0.2) is 27.2 Å². The van der Waals surface area contributed by atoms with Gasteiger partial charge >= 0.3 is 5.97 Å². The maximum atomic E-state index is 10.7. The zero-order chi connectivity index (χ0) is 24.3. The van der Waals surface area contributed by atoms with Crippen molar-refractivity contribution in [3.8, 4) is 17.1 Å². The second kappa shape index (κ2) is 9.73. The smallest absolute Gasteiger partial charge is 0.303 e. The Labute approximate surface area is 190 Å². The molecule has 0 saturated carbocycles. The van der Waals surface area contributed by atoms with Crippen LogP contribution >= 0.6 is 0 Å². The van der Waals surface area contributed by atoms with Gasteiger partial charge in [-0.05, 0) is 63.4 Å². The lowest BCUT2D eigenvalue weighted by Gasteiger charge is -2.15. The van der Waals surface area contributed by atoms with Crippen LogP contribution in [0, 0.1) is 13.8 Å². The highest BCUT2D eigenvalue weighted by Gasteiger charge is 2.14. The molecular formula is C26H28N2O4. The number of unbranched alkanes of at least 4 members (excludes halogenated alkanes) is 2. The molecule has 6 nitrogen and oxygen atoms in total. The van der Waals surface area contributed by atoms with Crippen LogP contribution in [-0.2, 0) is 11.3 Å². The predicted molar refractivity (Wildman–Crippen MR) is 124 cm³/mol. The molecule has 0 fully saturated rings. The molecule has 0 spiro atoms. The minimum atomic E-state index is -1.92. The van der Waals surface area contributed by atoms with E-state index >= 15 is 0 Å². The van der Waals surface area contributed by atoms with Crippen molar-refractivity contribution < 1.29 is 21.8 Å². The molecule has 0 unspecified atom stereocenters. The summed E-state index contributed by atoms with van der Waals surface area (Å²) >= 11 is 0. The van der Waals surface area contributed by atoms with Gasteiger partial charge in [-0.2, -0.15) is 0 Å². The summed E-state index contributed by atoms with van der Waals surface area (Å²) in [6.45, 7) is 2.20. The molecule has 0 aliphatic heterocycles. The predicted octanol–water partition coefficient (Wildman–Crippen LogP) is 5.99.